The number of amides is 1. The predicted octanol–water partition coefficient (Wildman–Crippen LogP) is 4.53. The van der Waals surface area contributed by atoms with Gasteiger partial charge in [0.1, 0.15) is 5.84 Å². The third-order valence-corrected chi connectivity index (χ3v) is 2.63. The van der Waals surface area contributed by atoms with Crippen molar-refractivity contribution < 1.29 is 4.79 Å². The maximum atomic E-state index is 11.6. The Labute approximate surface area is 126 Å². The van der Waals surface area contributed by atoms with Crippen LogP contribution in [0.25, 0.3) is 10.8 Å². The highest BCUT2D eigenvalue weighted by molar-refractivity contribution is 6.24. The van der Waals surface area contributed by atoms with Crippen LogP contribution >= 0.6 is 0 Å². The van der Waals surface area contributed by atoms with Crippen molar-refractivity contribution in [1.82, 2.24) is 0 Å². The number of nitrogens with two attached hydrogens (primary N) is 1. The number of carbonyl (C=O) groups excluding carboxylic acids is 1. The van der Waals surface area contributed by atoms with Gasteiger partial charge in [0.25, 0.3) is 5.91 Å². The molecule has 0 bridgehead atoms. The number of rotatable bonds is 0. The summed E-state index contributed by atoms with van der Waals surface area (Å²) >= 11 is 0. The van der Waals surface area contributed by atoms with Crippen LogP contribution in [0.1, 0.15) is 56.5 Å². The fourth-order valence-electron chi connectivity index (χ4n) is 1.96. The van der Waals surface area contributed by atoms with E-state index >= 15 is 0 Å². The van der Waals surface area contributed by atoms with Crippen LogP contribution in [0.3, 0.4) is 0 Å². The summed E-state index contributed by atoms with van der Waals surface area (Å²) in [6.45, 7) is 8.50. The normalized spacial score (nSPS) is 11.8. The number of nitrogens with zero attached hydrogens (tertiary/aromatic N) is 1. The summed E-state index contributed by atoms with van der Waals surface area (Å²) in [4.78, 5) is 15.4. The minimum Gasteiger partial charge on any atom is -0.383 e. The van der Waals surface area contributed by atoms with Crippen molar-refractivity contribution in [3.63, 3.8) is 0 Å². The number of hydrogen-bond acceptors (Lipinski definition) is 2. The molecule has 1 aliphatic heterocycles. The van der Waals surface area contributed by atoms with Crippen LogP contribution in [-0.4, -0.2) is 11.7 Å². The summed E-state index contributed by atoms with van der Waals surface area (Å²) in [7, 11) is 0. The molecule has 0 unspecified atom stereocenters. The molecule has 0 aliphatic carbocycles. The van der Waals surface area contributed by atoms with Gasteiger partial charge in [-0.2, -0.15) is 4.99 Å². The lowest BCUT2D eigenvalue weighted by Gasteiger charge is -2.13. The molecule has 2 N–H and O–H groups in total. The van der Waals surface area contributed by atoms with Crippen LogP contribution in [0, 0.1) is 0 Å². The number of hydrogen-bond donors (Lipinski definition) is 1. The maximum Gasteiger partial charge on any atom is 0.279 e. The second-order valence-corrected chi connectivity index (χ2v) is 4.93. The van der Waals surface area contributed by atoms with Gasteiger partial charge in [0.2, 0.25) is 0 Å². The smallest absolute Gasteiger partial charge is 0.279 e. The summed E-state index contributed by atoms with van der Waals surface area (Å²) < 4.78 is 0. The maximum absolute atomic E-state index is 11.6. The van der Waals surface area contributed by atoms with Crippen LogP contribution in [0.5, 0.6) is 0 Å². The van der Waals surface area contributed by atoms with Gasteiger partial charge in [0, 0.05) is 10.9 Å². The number of aliphatic imine (C=N–C) groups is 1. The van der Waals surface area contributed by atoms with E-state index in [0.717, 1.165) is 16.3 Å². The standard InChI is InChI=1S/C12H8N2O.2C3H8/c13-11-8-5-1-3-7-4-2-6-9(10(7)8)12(15)14-11;2*1-3-2/h1-6H,(H2,13,14,15);2*3H2,1-2H3. The molecule has 0 radical (unpaired) electrons. The van der Waals surface area contributed by atoms with E-state index in [1.54, 1.807) is 6.07 Å². The van der Waals surface area contributed by atoms with Gasteiger partial charge in [-0.15, -0.1) is 0 Å². The third-order valence-electron chi connectivity index (χ3n) is 2.63. The minimum atomic E-state index is -0.253. The first kappa shape index (κ1) is 16.9. The monoisotopic (exact) mass is 284 g/mol. The van der Waals surface area contributed by atoms with Crippen molar-refractivity contribution in [2.24, 2.45) is 10.7 Å². The Balaban J connectivity index is 0.000000321. The van der Waals surface area contributed by atoms with Crippen LogP contribution in [-0.2, 0) is 0 Å². The lowest BCUT2D eigenvalue weighted by molar-refractivity contribution is 0.100. The molecule has 3 heteroatoms. The van der Waals surface area contributed by atoms with Crippen molar-refractivity contribution in [3.8, 4) is 0 Å². The Hall–Kier alpha value is -2.16. The highest BCUT2D eigenvalue weighted by Gasteiger charge is 2.19. The highest BCUT2D eigenvalue weighted by Crippen LogP contribution is 2.26. The Morgan fingerprint density at radius 1 is 0.905 bits per heavy atom. The van der Waals surface area contributed by atoms with Crippen molar-refractivity contribution in [3.05, 3.63) is 47.5 Å². The van der Waals surface area contributed by atoms with Gasteiger partial charge < -0.3 is 5.73 Å². The average Bonchev–Trinajstić information content (AvgIpc) is 2.46. The van der Waals surface area contributed by atoms with Crippen molar-refractivity contribution in [1.29, 1.82) is 0 Å². The lowest BCUT2D eigenvalue weighted by atomic mass is 9.96. The van der Waals surface area contributed by atoms with Gasteiger partial charge >= 0.3 is 0 Å². The number of benzene rings is 2. The fourth-order valence-corrected chi connectivity index (χ4v) is 1.96. The molecule has 2 aromatic carbocycles. The van der Waals surface area contributed by atoms with Gasteiger partial charge in [-0.1, -0.05) is 70.9 Å². The highest BCUT2D eigenvalue weighted by atomic mass is 16.1. The van der Waals surface area contributed by atoms with Crippen LogP contribution in [0.15, 0.2) is 41.4 Å². The van der Waals surface area contributed by atoms with E-state index in [1.807, 2.05) is 30.3 Å². The summed E-state index contributed by atoms with van der Waals surface area (Å²) in [6.07, 6.45) is 2.50. The summed E-state index contributed by atoms with van der Waals surface area (Å²) in [5, 5.41) is 1.94. The Morgan fingerprint density at radius 2 is 1.38 bits per heavy atom. The molecule has 0 atom stereocenters. The van der Waals surface area contributed by atoms with Crippen LogP contribution in [0.4, 0.5) is 0 Å². The molecule has 3 rings (SSSR count). The van der Waals surface area contributed by atoms with E-state index < -0.39 is 0 Å². The third kappa shape index (κ3) is 3.91. The van der Waals surface area contributed by atoms with Gasteiger partial charge in [-0.05, 0) is 11.5 Å². The zero-order chi connectivity index (χ0) is 15.8. The van der Waals surface area contributed by atoms with E-state index in [-0.39, 0.29) is 5.91 Å². The summed E-state index contributed by atoms with van der Waals surface area (Å²) in [5.74, 6) is 0.0566. The zero-order valence-electron chi connectivity index (χ0n) is 13.3. The lowest BCUT2D eigenvalue weighted by Crippen LogP contribution is -2.20. The van der Waals surface area contributed by atoms with Crippen LogP contribution < -0.4 is 5.73 Å². The quantitative estimate of drug-likeness (QED) is 0.772. The molecule has 0 fully saturated rings. The molecule has 0 spiro atoms. The molecular formula is C18H24N2O. The molecule has 21 heavy (non-hydrogen) atoms. The summed E-state index contributed by atoms with van der Waals surface area (Å²) in [5.41, 5.74) is 7.21. The molecule has 1 heterocycles. The topological polar surface area (TPSA) is 55.4 Å². The second kappa shape index (κ2) is 8.20. The van der Waals surface area contributed by atoms with Gasteiger partial charge in [-0.25, -0.2) is 0 Å². The second-order valence-electron chi connectivity index (χ2n) is 4.93. The SMILES string of the molecule is CCC.CCC.NC1=NC(=O)c2cccc3cccc1c23. The van der Waals surface area contributed by atoms with Crippen molar-refractivity contribution in [2.75, 3.05) is 0 Å². The molecule has 0 saturated carbocycles. The van der Waals surface area contributed by atoms with E-state index in [9.17, 15) is 4.79 Å². The first-order valence-electron chi connectivity index (χ1n) is 7.51. The average molecular weight is 284 g/mol. The Morgan fingerprint density at radius 3 is 1.90 bits per heavy atom. The molecule has 1 aliphatic rings. The van der Waals surface area contributed by atoms with E-state index in [0.29, 0.717) is 11.4 Å². The zero-order valence-corrected chi connectivity index (χ0v) is 13.3. The molecule has 0 aromatic heterocycles. The molecular weight excluding hydrogens is 260 g/mol. The molecule has 112 valence electrons. The van der Waals surface area contributed by atoms with Crippen molar-refractivity contribution >= 4 is 22.5 Å². The van der Waals surface area contributed by atoms with E-state index in [4.69, 9.17) is 5.73 Å². The van der Waals surface area contributed by atoms with Crippen molar-refractivity contribution in [2.45, 2.75) is 40.5 Å². The first-order valence-corrected chi connectivity index (χ1v) is 7.51. The minimum absolute atomic E-state index is 0.253. The molecule has 1 amide bonds. The largest absolute Gasteiger partial charge is 0.383 e. The first-order chi connectivity index (χ1) is 10.1. The fraction of sp³-hybridized carbons (Fsp3) is 0.333. The van der Waals surface area contributed by atoms with Crippen LogP contribution in [0.2, 0.25) is 0 Å². The van der Waals surface area contributed by atoms with E-state index in [2.05, 4.69) is 32.7 Å². The predicted molar refractivity (Wildman–Crippen MR) is 90.9 cm³/mol. The molecule has 2 aromatic rings. The Bertz CT molecular complexity index is 637. The van der Waals surface area contributed by atoms with Gasteiger partial charge in [-0.3, -0.25) is 4.79 Å². The summed E-state index contributed by atoms with van der Waals surface area (Å²) in [6, 6.07) is 11.4. The number of amidine groups is 1. The molecule has 3 nitrogen and oxygen atoms in total. The van der Waals surface area contributed by atoms with E-state index in [1.165, 1.54) is 12.8 Å². The Kier molecular flexibility index (Phi) is 6.60. The van der Waals surface area contributed by atoms with Gasteiger partial charge in [0.15, 0.2) is 0 Å². The van der Waals surface area contributed by atoms with Gasteiger partial charge in [0.05, 0.1) is 5.56 Å². The number of carbonyl (C=O) groups is 1. The molecule has 0 saturated heterocycles.